The molecule has 0 unspecified atom stereocenters. The molecule has 0 aliphatic carbocycles. The van der Waals surface area contributed by atoms with Crippen LogP contribution in [0.25, 0.3) is 22.3 Å². The van der Waals surface area contributed by atoms with E-state index >= 15 is 0 Å². The molecule has 1 heterocycles. The van der Waals surface area contributed by atoms with Crippen LogP contribution < -0.4 is 5.36 Å². The molecule has 22 heavy (non-hydrogen) atoms. The van der Waals surface area contributed by atoms with E-state index in [0.717, 1.165) is 27.7 Å². The summed E-state index contributed by atoms with van der Waals surface area (Å²) in [5.74, 6) is 0.770. The van der Waals surface area contributed by atoms with Gasteiger partial charge in [0.05, 0.1) is 18.5 Å². The molecule has 0 saturated carbocycles. The van der Waals surface area contributed by atoms with Crippen molar-refractivity contribution in [3.8, 4) is 11.3 Å². The summed E-state index contributed by atoms with van der Waals surface area (Å²) in [4.78, 5) is 4.62. The van der Waals surface area contributed by atoms with Crippen LogP contribution in [0.15, 0.2) is 64.0 Å². The second kappa shape index (κ2) is 6.77. The highest BCUT2D eigenvalue weighted by Gasteiger charge is 2.05. The molecule has 0 fully saturated rings. The Morgan fingerprint density at radius 2 is 1.86 bits per heavy atom. The Labute approximate surface area is 133 Å². The molecule has 0 atom stereocenters. The van der Waals surface area contributed by atoms with Crippen molar-refractivity contribution in [1.29, 1.82) is 0 Å². The molecule has 0 amide bonds. The van der Waals surface area contributed by atoms with E-state index in [9.17, 15) is 0 Å². The van der Waals surface area contributed by atoms with Crippen molar-refractivity contribution < 1.29 is 9.15 Å². The van der Waals surface area contributed by atoms with Crippen LogP contribution in [0.1, 0.15) is 0 Å². The summed E-state index contributed by atoms with van der Waals surface area (Å²) in [6.45, 7) is 1.21. The molecular formula is C18H16ClNO2. The monoisotopic (exact) mass is 313 g/mol. The maximum Gasteiger partial charge on any atom is 0.136 e. The predicted molar refractivity (Wildman–Crippen MR) is 89.0 cm³/mol. The van der Waals surface area contributed by atoms with Gasteiger partial charge in [-0.25, -0.2) is 0 Å². The average Bonchev–Trinajstić information content (AvgIpc) is 2.55. The lowest BCUT2D eigenvalue weighted by Gasteiger charge is -2.05. The number of ether oxygens (including phenoxy) is 1. The quantitative estimate of drug-likeness (QED) is 0.673. The number of nitrogens with zero attached hydrogens (tertiary/aromatic N) is 1. The summed E-state index contributed by atoms with van der Waals surface area (Å²) in [5, 5.41) is 2.61. The van der Waals surface area contributed by atoms with Crippen LogP contribution in [0, 0.1) is 0 Å². The topological polar surface area (TPSA) is 34.7 Å². The predicted octanol–water partition coefficient (Wildman–Crippen LogP) is 4.30. The molecule has 0 aliphatic rings. The normalized spacial score (nSPS) is 12.0. The molecule has 2 aromatic carbocycles. The minimum atomic E-state index is 0.594. The van der Waals surface area contributed by atoms with Gasteiger partial charge in [0.25, 0.3) is 0 Å². The number of methoxy groups -OCH3 is 1. The Hall–Kier alpha value is -2.10. The highest BCUT2D eigenvalue weighted by atomic mass is 35.5. The third-order valence-electron chi connectivity index (χ3n) is 3.36. The van der Waals surface area contributed by atoms with Crippen LogP contribution in [0.3, 0.4) is 0 Å². The first-order valence-corrected chi connectivity index (χ1v) is 7.44. The van der Waals surface area contributed by atoms with Gasteiger partial charge in [0.1, 0.15) is 11.3 Å². The number of rotatable bonds is 4. The summed E-state index contributed by atoms with van der Waals surface area (Å²) in [6, 6.07) is 17.4. The van der Waals surface area contributed by atoms with Crippen LogP contribution >= 0.6 is 11.6 Å². The summed E-state index contributed by atoms with van der Waals surface area (Å²) in [7, 11) is 1.67. The van der Waals surface area contributed by atoms with Crippen molar-refractivity contribution in [2.75, 3.05) is 20.3 Å². The van der Waals surface area contributed by atoms with E-state index in [4.69, 9.17) is 20.8 Å². The molecule has 0 N–H and O–H groups in total. The second-order valence-corrected chi connectivity index (χ2v) is 5.31. The van der Waals surface area contributed by atoms with E-state index in [1.54, 1.807) is 7.11 Å². The van der Waals surface area contributed by atoms with Gasteiger partial charge in [0.15, 0.2) is 0 Å². The molecule has 112 valence electrons. The first kappa shape index (κ1) is 14.8. The third-order valence-corrected chi connectivity index (χ3v) is 3.61. The van der Waals surface area contributed by atoms with E-state index in [2.05, 4.69) is 4.99 Å². The molecule has 0 bridgehead atoms. The van der Waals surface area contributed by atoms with Crippen molar-refractivity contribution in [2.45, 2.75) is 0 Å². The van der Waals surface area contributed by atoms with Crippen molar-refractivity contribution in [1.82, 2.24) is 0 Å². The van der Waals surface area contributed by atoms with Gasteiger partial charge in [0.2, 0.25) is 0 Å². The van der Waals surface area contributed by atoms with Crippen molar-refractivity contribution in [3.63, 3.8) is 0 Å². The van der Waals surface area contributed by atoms with Gasteiger partial charge in [-0.1, -0.05) is 23.7 Å². The van der Waals surface area contributed by atoms with Crippen molar-refractivity contribution >= 4 is 22.6 Å². The third kappa shape index (κ3) is 3.21. The minimum absolute atomic E-state index is 0.594. The van der Waals surface area contributed by atoms with Gasteiger partial charge in [-0.2, -0.15) is 0 Å². The van der Waals surface area contributed by atoms with Gasteiger partial charge >= 0.3 is 0 Å². The molecule has 1 aromatic heterocycles. The van der Waals surface area contributed by atoms with Crippen LogP contribution in [0.2, 0.25) is 5.02 Å². The number of hydrogen-bond acceptors (Lipinski definition) is 3. The lowest BCUT2D eigenvalue weighted by Crippen LogP contribution is -2.07. The number of fused-ring (bicyclic) bond motifs is 1. The SMILES string of the molecule is COCCN=c1cc(-c2ccc(Cl)cc2)oc2ccccc12. The summed E-state index contributed by atoms with van der Waals surface area (Å²) in [5.41, 5.74) is 1.78. The van der Waals surface area contributed by atoms with E-state index in [1.807, 2.05) is 54.6 Å². The van der Waals surface area contributed by atoms with Crippen LogP contribution in [0.5, 0.6) is 0 Å². The molecule has 3 nitrogen and oxygen atoms in total. The standard InChI is InChI=1S/C18H16ClNO2/c1-21-11-10-20-16-12-18(13-6-8-14(19)9-7-13)22-17-5-3-2-4-15(16)17/h2-9,12H,10-11H2,1H3. The zero-order valence-corrected chi connectivity index (χ0v) is 13.0. The Balaban J connectivity index is 2.16. The maximum atomic E-state index is 6.00. The molecule has 4 heteroatoms. The first-order valence-electron chi connectivity index (χ1n) is 7.06. The fourth-order valence-corrected chi connectivity index (χ4v) is 2.39. The van der Waals surface area contributed by atoms with Gasteiger partial charge in [0, 0.05) is 29.1 Å². The molecule has 3 rings (SSSR count). The molecule has 3 aromatic rings. The number of halogens is 1. The Kier molecular flexibility index (Phi) is 4.56. The smallest absolute Gasteiger partial charge is 0.136 e. The highest BCUT2D eigenvalue weighted by Crippen LogP contribution is 2.23. The molecule has 0 aliphatic heterocycles. The summed E-state index contributed by atoms with van der Waals surface area (Å²) >= 11 is 5.95. The van der Waals surface area contributed by atoms with E-state index in [1.165, 1.54) is 0 Å². The Morgan fingerprint density at radius 3 is 2.64 bits per heavy atom. The van der Waals surface area contributed by atoms with Gasteiger partial charge in [-0.05, 0) is 36.4 Å². The number of hydrogen-bond donors (Lipinski definition) is 0. The fourth-order valence-electron chi connectivity index (χ4n) is 2.26. The van der Waals surface area contributed by atoms with Crippen molar-refractivity contribution in [3.05, 3.63) is 65.0 Å². The first-order chi connectivity index (χ1) is 10.8. The van der Waals surface area contributed by atoms with E-state index in [0.29, 0.717) is 18.2 Å². The Bertz CT molecular complexity index is 838. The fraction of sp³-hybridized carbons (Fsp3) is 0.167. The number of para-hydroxylation sites is 1. The van der Waals surface area contributed by atoms with Crippen LogP contribution in [-0.2, 0) is 4.74 Å². The minimum Gasteiger partial charge on any atom is -0.456 e. The van der Waals surface area contributed by atoms with E-state index in [-0.39, 0.29) is 0 Å². The number of benzene rings is 2. The molecule has 0 saturated heterocycles. The van der Waals surface area contributed by atoms with Gasteiger partial charge < -0.3 is 9.15 Å². The maximum absolute atomic E-state index is 6.00. The zero-order chi connectivity index (χ0) is 15.4. The highest BCUT2D eigenvalue weighted by molar-refractivity contribution is 6.30. The lowest BCUT2D eigenvalue weighted by molar-refractivity contribution is 0.207. The van der Waals surface area contributed by atoms with E-state index < -0.39 is 0 Å². The Morgan fingerprint density at radius 1 is 1.09 bits per heavy atom. The largest absolute Gasteiger partial charge is 0.456 e. The summed E-state index contributed by atoms with van der Waals surface area (Å²) < 4.78 is 11.1. The molecule has 0 spiro atoms. The van der Waals surface area contributed by atoms with Crippen LogP contribution in [-0.4, -0.2) is 20.3 Å². The zero-order valence-electron chi connectivity index (χ0n) is 12.3. The molecular weight excluding hydrogens is 298 g/mol. The second-order valence-electron chi connectivity index (χ2n) is 4.87. The molecule has 0 radical (unpaired) electrons. The average molecular weight is 314 g/mol. The van der Waals surface area contributed by atoms with Gasteiger partial charge in [-0.15, -0.1) is 0 Å². The summed E-state index contributed by atoms with van der Waals surface area (Å²) in [6.07, 6.45) is 0. The van der Waals surface area contributed by atoms with Gasteiger partial charge in [-0.3, -0.25) is 4.99 Å². The van der Waals surface area contributed by atoms with Crippen LogP contribution in [0.4, 0.5) is 0 Å². The lowest BCUT2D eigenvalue weighted by atomic mass is 10.1. The van der Waals surface area contributed by atoms with Crippen molar-refractivity contribution in [2.24, 2.45) is 4.99 Å².